The number of rotatable bonds is 5. The lowest BCUT2D eigenvalue weighted by Crippen LogP contribution is -2.44. The third-order valence-corrected chi connectivity index (χ3v) is 6.47. The standard InChI is InChI=1S/C23H26FN5O3S/c1-12-7-16(24)20-18(8-12)32-11-14(22(30)29-20)10-27-23(31)21-26-6-5-13(2)17(28-21)9-15-3-4-19(25)33-15/h3-4,7-8,14H,5-6,9-11,25H2,1-2H3,(H,26,28)(H,27,31)(H,29,30). The molecule has 4 rings (SSSR count). The Morgan fingerprint density at radius 1 is 1.33 bits per heavy atom. The number of allylic oxidation sites excluding steroid dienone is 1. The Morgan fingerprint density at radius 3 is 2.91 bits per heavy atom. The van der Waals surface area contributed by atoms with E-state index in [1.807, 2.05) is 19.1 Å². The molecule has 0 saturated carbocycles. The number of nitrogen functional groups attached to an aromatic ring is 1. The molecule has 0 aliphatic carbocycles. The van der Waals surface area contributed by atoms with Gasteiger partial charge in [0.15, 0.2) is 11.7 Å². The van der Waals surface area contributed by atoms with Crippen molar-refractivity contribution >= 4 is 39.7 Å². The quantitative estimate of drug-likeness (QED) is 0.535. The van der Waals surface area contributed by atoms with Crippen LogP contribution in [-0.4, -0.2) is 37.3 Å². The summed E-state index contributed by atoms with van der Waals surface area (Å²) < 4.78 is 19.9. The summed E-state index contributed by atoms with van der Waals surface area (Å²) >= 11 is 1.51. The van der Waals surface area contributed by atoms with Crippen molar-refractivity contribution in [3.8, 4) is 5.75 Å². The number of benzene rings is 1. The summed E-state index contributed by atoms with van der Waals surface area (Å²) in [6.07, 6.45) is 1.37. The van der Waals surface area contributed by atoms with Crippen LogP contribution in [0.3, 0.4) is 0 Å². The number of nitrogens with one attached hydrogen (secondary N) is 3. The predicted molar refractivity (Wildman–Crippen MR) is 127 cm³/mol. The number of hydrogen-bond acceptors (Lipinski definition) is 7. The zero-order chi connectivity index (χ0) is 23.5. The van der Waals surface area contributed by atoms with Crippen LogP contribution in [0.15, 0.2) is 40.5 Å². The number of aliphatic imine (C=N–C) groups is 1. The van der Waals surface area contributed by atoms with E-state index in [-0.39, 0.29) is 30.4 Å². The Balaban J connectivity index is 1.38. The zero-order valence-electron chi connectivity index (χ0n) is 18.5. The van der Waals surface area contributed by atoms with E-state index in [4.69, 9.17) is 10.5 Å². The van der Waals surface area contributed by atoms with E-state index in [9.17, 15) is 14.0 Å². The molecule has 2 amide bonds. The minimum absolute atomic E-state index is 0.0198. The van der Waals surface area contributed by atoms with Crippen molar-refractivity contribution in [1.82, 2.24) is 10.6 Å². The van der Waals surface area contributed by atoms with Crippen LogP contribution in [0.4, 0.5) is 15.1 Å². The van der Waals surface area contributed by atoms with E-state index in [1.54, 1.807) is 13.0 Å². The SMILES string of the molecule is CC1=C(Cc2ccc(N)s2)NC(C(=O)NCC2COc3cc(C)cc(F)c3NC2=O)=NCC1. The summed E-state index contributed by atoms with van der Waals surface area (Å²) in [5, 5.41) is 9.23. The summed E-state index contributed by atoms with van der Waals surface area (Å²) in [5.74, 6) is -1.58. The second kappa shape index (κ2) is 9.62. The van der Waals surface area contributed by atoms with Crippen LogP contribution < -0.4 is 26.4 Å². The van der Waals surface area contributed by atoms with Gasteiger partial charge in [-0.25, -0.2) is 4.39 Å². The normalized spacial score (nSPS) is 18.2. The second-order valence-corrected chi connectivity index (χ2v) is 9.37. The summed E-state index contributed by atoms with van der Waals surface area (Å²) in [6, 6.07) is 6.83. The highest BCUT2D eigenvalue weighted by Gasteiger charge is 2.28. The van der Waals surface area contributed by atoms with Gasteiger partial charge in [-0.2, -0.15) is 0 Å². The molecule has 10 heteroatoms. The molecule has 1 unspecified atom stereocenters. The number of amides is 2. The maximum absolute atomic E-state index is 14.2. The fourth-order valence-electron chi connectivity index (χ4n) is 3.65. The highest BCUT2D eigenvalue weighted by molar-refractivity contribution is 7.15. The molecule has 3 heterocycles. The summed E-state index contributed by atoms with van der Waals surface area (Å²) in [5.41, 5.74) is 8.58. The molecule has 174 valence electrons. The first-order chi connectivity index (χ1) is 15.8. The first kappa shape index (κ1) is 22.8. The minimum Gasteiger partial charge on any atom is -0.490 e. The van der Waals surface area contributed by atoms with Crippen molar-refractivity contribution in [2.75, 3.05) is 30.7 Å². The summed E-state index contributed by atoms with van der Waals surface area (Å²) in [4.78, 5) is 30.9. The molecule has 5 N–H and O–H groups in total. The Hall–Kier alpha value is -3.40. The molecule has 2 aliphatic heterocycles. The number of carbonyl (C=O) groups excluding carboxylic acids is 2. The molecular formula is C23H26FN5O3S. The number of thiophene rings is 1. The van der Waals surface area contributed by atoms with E-state index in [0.29, 0.717) is 18.5 Å². The molecule has 0 bridgehead atoms. The second-order valence-electron chi connectivity index (χ2n) is 8.17. The highest BCUT2D eigenvalue weighted by Crippen LogP contribution is 2.32. The van der Waals surface area contributed by atoms with Gasteiger partial charge in [0, 0.05) is 30.1 Å². The van der Waals surface area contributed by atoms with Gasteiger partial charge in [0.05, 0.1) is 10.9 Å². The van der Waals surface area contributed by atoms with Crippen molar-refractivity contribution in [2.45, 2.75) is 26.7 Å². The summed E-state index contributed by atoms with van der Waals surface area (Å²) in [6.45, 7) is 4.29. The lowest BCUT2D eigenvalue weighted by Gasteiger charge is -2.16. The number of aryl methyl sites for hydroxylation is 1. The Morgan fingerprint density at radius 2 is 2.15 bits per heavy atom. The molecule has 0 radical (unpaired) electrons. The Labute approximate surface area is 195 Å². The van der Waals surface area contributed by atoms with Gasteiger partial charge in [-0.05, 0) is 50.1 Å². The monoisotopic (exact) mass is 471 g/mol. The molecule has 1 atom stereocenters. The number of carbonyl (C=O) groups is 2. The number of nitrogens with two attached hydrogens (primary N) is 1. The van der Waals surface area contributed by atoms with E-state index in [0.717, 1.165) is 27.6 Å². The topological polar surface area (TPSA) is 118 Å². The number of nitrogens with zero attached hydrogens (tertiary/aromatic N) is 1. The molecule has 2 aliphatic rings. The van der Waals surface area contributed by atoms with Crippen molar-refractivity contribution in [2.24, 2.45) is 10.9 Å². The molecule has 0 fully saturated rings. The number of ether oxygens (including phenoxy) is 1. The number of hydrogen-bond donors (Lipinski definition) is 4. The molecule has 1 aromatic carbocycles. The van der Waals surface area contributed by atoms with Gasteiger partial charge in [0.25, 0.3) is 5.91 Å². The van der Waals surface area contributed by atoms with E-state index >= 15 is 0 Å². The zero-order valence-corrected chi connectivity index (χ0v) is 19.3. The third kappa shape index (κ3) is 5.33. The first-order valence-electron chi connectivity index (χ1n) is 10.7. The predicted octanol–water partition coefficient (Wildman–Crippen LogP) is 2.75. The van der Waals surface area contributed by atoms with Crippen molar-refractivity contribution in [3.63, 3.8) is 0 Å². The van der Waals surface area contributed by atoms with E-state index in [1.165, 1.54) is 17.4 Å². The van der Waals surface area contributed by atoms with Crippen LogP contribution in [0.5, 0.6) is 5.75 Å². The smallest absolute Gasteiger partial charge is 0.286 e. The average Bonchev–Trinajstić information content (AvgIpc) is 2.99. The van der Waals surface area contributed by atoms with Gasteiger partial charge in [0.1, 0.15) is 18.0 Å². The number of anilines is 2. The Kier molecular flexibility index (Phi) is 6.64. The van der Waals surface area contributed by atoms with Crippen LogP contribution >= 0.6 is 11.3 Å². The highest BCUT2D eigenvalue weighted by atomic mass is 32.1. The maximum Gasteiger partial charge on any atom is 0.286 e. The number of amidine groups is 1. The molecule has 0 saturated heterocycles. The fraction of sp³-hybridized carbons (Fsp3) is 0.348. The molecular weight excluding hydrogens is 445 g/mol. The number of fused-ring (bicyclic) bond motifs is 1. The Bertz CT molecular complexity index is 1160. The van der Waals surface area contributed by atoms with Gasteiger partial charge in [-0.15, -0.1) is 11.3 Å². The van der Waals surface area contributed by atoms with Crippen LogP contribution in [-0.2, 0) is 16.0 Å². The van der Waals surface area contributed by atoms with Crippen LogP contribution in [0.2, 0.25) is 0 Å². The maximum atomic E-state index is 14.2. The van der Waals surface area contributed by atoms with E-state index < -0.39 is 23.5 Å². The molecule has 1 aromatic heterocycles. The van der Waals surface area contributed by atoms with Gasteiger partial charge in [-0.3, -0.25) is 14.6 Å². The molecule has 2 aromatic rings. The third-order valence-electron chi connectivity index (χ3n) is 5.56. The number of halogens is 1. The average molecular weight is 472 g/mol. The van der Waals surface area contributed by atoms with Crippen molar-refractivity contribution in [3.05, 3.63) is 51.8 Å². The van der Waals surface area contributed by atoms with Gasteiger partial charge in [-0.1, -0.05) is 5.57 Å². The fourth-order valence-corrected chi connectivity index (χ4v) is 4.44. The van der Waals surface area contributed by atoms with Crippen molar-refractivity contribution < 1.29 is 18.7 Å². The lowest BCUT2D eigenvalue weighted by atomic mass is 10.1. The van der Waals surface area contributed by atoms with Crippen LogP contribution in [0.1, 0.15) is 23.8 Å². The first-order valence-corrected chi connectivity index (χ1v) is 11.5. The van der Waals surface area contributed by atoms with Gasteiger partial charge >= 0.3 is 0 Å². The minimum atomic E-state index is -0.682. The summed E-state index contributed by atoms with van der Waals surface area (Å²) in [7, 11) is 0. The van der Waals surface area contributed by atoms with Crippen molar-refractivity contribution in [1.29, 1.82) is 0 Å². The molecule has 0 spiro atoms. The van der Waals surface area contributed by atoms with Crippen LogP contribution in [0, 0.1) is 18.7 Å². The van der Waals surface area contributed by atoms with Gasteiger partial charge in [0.2, 0.25) is 5.91 Å². The van der Waals surface area contributed by atoms with Crippen LogP contribution in [0.25, 0.3) is 0 Å². The van der Waals surface area contributed by atoms with E-state index in [2.05, 4.69) is 20.9 Å². The molecule has 8 nitrogen and oxygen atoms in total. The lowest BCUT2D eigenvalue weighted by molar-refractivity contribution is -0.120. The van der Waals surface area contributed by atoms with Gasteiger partial charge < -0.3 is 26.4 Å². The molecule has 33 heavy (non-hydrogen) atoms. The largest absolute Gasteiger partial charge is 0.490 e.